The molecule has 0 aromatic heterocycles. The summed E-state index contributed by atoms with van der Waals surface area (Å²) in [5.74, 6) is 0. The van der Waals surface area contributed by atoms with Crippen molar-refractivity contribution in [3.05, 3.63) is 28.7 Å². The molecule has 1 aromatic carbocycles. The van der Waals surface area contributed by atoms with Gasteiger partial charge >= 0.3 is 0 Å². The molecule has 2 atom stereocenters. The van der Waals surface area contributed by atoms with Gasteiger partial charge in [0.1, 0.15) is 0 Å². The van der Waals surface area contributed by atoms with E-state index in [2.05, 4.69) is 71.2 Å². The van der Waals surface area contributed by atoms with Crippen LogP contribution in [-0.2, 0) is 0 Å². The van der Waals surface area contributed by atoms with Crippen LogP contribution in [0.25, 0.3) is 0 Å². The first-order valence-electron chi connectivity index (χ1n) is 6.86. The molecule has 1 saturated heterocycles. The fourth-order valence-electron chi connectivity index (χ4n) is 2.60. The minimum Gasteiger partial charge on any atom is -0.365 e. The van der Waals surface area contributed by atoms with Gasteiger partial charge in [-0.25, -0.2) is 0 Å². The van der Waals surface area contributed by atoms with Crippen molar-refractivity contribution in [1.82, 2.24) is 5.32 Å². The van der Waals surface area contributed by atoms with Crippen LogP contribution >= 0.6 is 15.9 Å². The number of anilines is 1. The molecule has 100 valence electrons. The van der Waals surface area contributed by atoms with E-state index in [-0.39, 0.29) is 5.54 Å². The first-order chi connectivity index (χ1) is 8.59. The topological polar surface area (TPSA) is 15.3 Å². The van der Waals surface area contributed by atoms with Crippen molar-refractivity contribution in [3.63, 3.8) is 0 Å². The lowest BCUT2D eigenvalue weighted by Crippen LogP contribution is -2.62. The third-order valence-electron chi connectivity index (χ3n) is 4.14. The molecule has 18 heavy (non-hydrogen) atoms. The Bertz CT molecular complexity index is 407. The van der Waals surface area contributed by atoms with E-state index >= 15 is 0 Å². The second-order valence-electron chi connectivity index (χ2n) is 5.44. The third kappa shape index (κ3) is 2.72. The Morgan fingerprint density at radius 2 is 2.11 bits per heavy atom. The van der Waals surface area contributed by atoms with Gasteiger partial charge in [-0.15, -0.1) is 0 Å². The predicted octanol–water partition coefficient (Wildman–Crippen LogP) is 3.81. The normalized spacial score (nSPS) is 28.4. The van der Waals surface area contributed by atoms with E-state index in [0.717, 1.165) is 19.5 Å². The zero-order valence-corrected chi connectivity index (χ0v) is 13.1. The lowest BCUT2D eigenvalue weighted by molar-refractivity contribution is 0.276. The first-order valence-corrected chi connectivity index (χ1v) is 7.65. The van der Waals surface area contributed by atoms with Crippen molar-refractivity contribution >= 4 is 21.6 Å². The quantitative estimate of drug-likeness (QED) is 0.913. The summed E-state index contributed by atoms with van der Waals surface area (Å²) in [6.45, 7) is 9.00. The van der Waals surface area contributed by atoms with Gasteiger partial charge in [-0.05, 0) is 47.8 Å². The van der Waals surface area contributed by atoms with E-state index in [1.165, 1.54) is 16.6 Å². The molecule has 0 radical (unpaired) electrons. The molecule has 2 nitrogen and oxygen atoms in total. The van der Waals surface area contributed by atoms with Gasteiger partial charge < -0.3 is 10.2 Å². The second kappa shape index (κ2) is 5.62. The van der Waals surface area contributed by atoms with E-state index in [4.69, 9.17) is 0 Å². The maximum atomic E-state index is 3.71. The van der Waals surface area contributed by atoms with Crippen molar-refractivity contribution in [2.24, 2.45) is 0 Å². The summed E-state index contributed by atoms with van der Waals surface area (Å²) in [4.78, 5) is 2.56. The van der Waals surface area contributed by atoms with Crippen LogP contribution in [-0.4, -0.2) is 24.7 Å². The minimum absolute atomic E-state index is 0.223. The second-order valence-corrected chi connectivity index (χ2v) is 6.29. The minimum atomic E-state index is 0.223. The Balaban J connectivity index is 2.29. The average molecular weight is 311 g/mol. The van der Waals surface area contributed by atoms with Gasteiger partial charge in [0, 0.05) is 29.1 Å². The maximum Gasteiger partial charge on any atom is 0.0514 e. The van der Waals surface area contributed by atoms with Crippen molar-refractivity contribution in [3.8, 4) is 0 Å². The number of hydrogen-bond acceptors (Lipinski definition) is 2. The van der Waals surface area contributed by atoms with Gasteiger partial charge in [-0.3, -0.25) is 0 Å². The molecule has 1 N–H and O–H groups in total. The molecule has 0 aliphatic carbocycles. The molecular formula is C15H23BrN2. The summed E-state index contributed by atoms with van der Waals surface area (Å²) in [5, 5.41) is 3.71. The van der Waals surface area contributed by atoms with Crippen molar-refractivity contribution in [2.75, 3.05) is 18.0 Å². The lowest BCUT2D eigenvalue weighted by atomic mass is 9.92. The smallest absolute Gasteiger partial charge is 0.0514 e. The molecule has 1 fully saturated rings. The van der Waals surface area contributed by atoms with E-state index < -0.39 is 0 Å². The number of halogens is 1. The van der Waals surface area contributed by atoms with Crippen molar-refractivity contribution in [2.45, 2.75) is 45.2 Å². The van der Waals surface area contributed by atoms with Crippen LogP contribution in [0, 0.1) is 0 Å². The van der Waals surface area contributed by atoms with Gasteiger partial charge in [0.15, 0.2) is 0 Å². The number of para-hydroxylation sites is 1. The Hall–Kier alpha value is -0.540. The number of nitrogens with zero attached hydrogens (tertiary/aromatic N) is 1. The lowest BCUT2D eigenvalue weighted by Gasteiger charge is -2.47. The van der Waals surface area contributed by atoms with Crippen molar-refractivity contribution in [1.29, 1.82) is 0 Å². The number of hydrogen-bond donors (Lipinski definition) is 1. The molecule has 1 heterocycles. The molecule has 3 heteroatoms. The van der Waals surface area contributed by atoms with E-state index in [1.807, 2.05) is 0 Å². The molecular weight excluding hydrogens is 288 g/mol. The highest BCUT2D eigenvalue weighted by atomic mass is 79.9. The summed E-state index contributed by atoms with van der Waals surface area (Å²) in [6.07, 6.45) is 2.33. The molecule has 0 bridgehead atoms. The van der Waals surface area contributed by atoms with Crippen LogP contribution in [0.4, 0.5) is 5.69 Å². The summed E-state index contributed by atoms with van der Waals surface area (Å²) >= 11 is 3.69. The summed E-state index contributed by atoms with van der Waals surface area (Å²) in [7, 11) is 0. The SMILES string of the molecule is CCC1CNC(C)(CC)CN1c1ccccc1Br. The molecule has 0 amide bonds. The van der Waals surface area contributed by atoms with Gasteiger partial charge in [0.05, 0.1) is 5.69 Å². The zero-order chi connectivity index (χ0) is 13.2. The highest BCUT2D eigenvalue weighted by molar-refractivity contribution is 9.10. The van der Waals surface area contributed by atoms with Crippen LogP contribution in [0.5, 0.6) is 0 Å². The number of nitrogens with one attached hydrogen (secondary N) is 1. The van der Waals surface area contributed by atoms with Gasteiger partial charge in [0.2, 0.25) is 0 Å². The summed E-state index contributed by atoms with van der Waals surface area (Å²) in [6, 6.07) is 9.14. The summed E-state index contributed by atoms with van der Waals surface area (Å²) < 4.78 is 1.20. The van der Waals surface area contributed by atoms with Gasteiger partial charge in [-0.2, -0.15) is 0 Å². The standard InChI is InChI=1S/C15H23BrN2/c1-4-12-10-17-15(3,5-2)11-18(12)14-9-7-6-8-13(14)16/h6-9,12,17H,4-5,10-11H2,1-3H3. The highest BCUT2D eigenvalue weighted by Gasteiger charge is 2.34. The Morgan fingerprint density at radius 3 is 2.72 bits per heavy atom. The molecule has 2 unspecified atom stereocenters. The van der Waals surface area contributed by atoms with Crippen LogP contribution in [0.15, 0.2) is 28.7 Å². The largest absolute Gasteiger partial charge is 0.365 e. The third-order valence-corrected chi connectivity index (χ3v) is 4.81. The Kier molecular flexibility index (Phi) is 4.33. The molecule has 0 spiro atoms. The van der Waals surface area contributed by atoms with Gasteiger partial charge in [0.25, 0.3) is 0 Å². The fraction of sp³-hybridized carbons (Fsp3) is 0.600. The number of piperazine rings is 1. The van der Waals surface area contributed by atoms with Crippen LogP contribution in [0.3, 0.4) is 0 Å². The number of rotatable bonds is 3. The Labute approximate surface area is 119 Å². The molecule has 1 aliphatic rings. The molecule has 2 rings (SSSR count). The first kappa shape index (κ1) is 13.9. The van der Waals surface area contributed by atoms with E-state index in [1.54, 1.807) is 0 Å². The average Bonchev–Trinajstić information content (AvgIpc) is 2.39. The Morgan fingerprint density at radius 1 is 1.39 bits per heavy atom. The molecule has 1 aliphatic heterocycles. The van der Waals surface area contributed by atoms with Crippen molar-refractivity contribution < 1.29 is 0 Å². The predicted molar refractivity (Wildman–Crippen MR) is 82.3 cm³/mol. The van der Waals surface area contributed by atoms with Crippen LogP contribution < -0.4 is 10.2 Å². The maximum absolute atomic E-state index is 3.71. The van der Waals surface area contributed by atoms with E-state index in [0.29, 0.717) is 6.04 Å². The van der Waals surface area contributed by atoms with Crippen LogP contribution in [0.1, 0.15) is 33.6 Å². The molecule has 0 saturated carbocycles. The fourth-order valence-corrected chi connectivity index (χ4v) is 3.12. The zero-order valence-electron chi connectivity index (χ0n) is 11.5. The highest BCUT2D eigenvalue weighted by Crippen LogP contribution is 2.32. The molecule has 1 aromatic rings. The van der Waals surface area contributed by atoms with Crippen LogP contribution in [0.2, 0.25) is 0 Å². The van der Waals surface area contributed by atoms with E-state index in [9.17, 15) is 0 Å². The monoisotopic (exact) mass is 310 g/mol. The van der Waals surface area contributed by atoms with Gasteiger partial charge in [-0.1, -0.05) is 26.0 Å². The summed E-state index contributed by atoms with van der Waals surface area (Å²) in [5.41, 5.74) is 1.55. The number of benzene rings is 1.